The molecule has 0 aliphatic carbocycles. The molecule has 5 rings (SSSR count). The quantitative estimate of drug-likeness (QED) is 0.291. The van der Waals surface area contributed by atoms with E-state index in [1.807, 2.05) is 6.20 Å². The number of hydrogen-bond acceptors (Lipinski definition) is 9. The van der Waals surface area contributed by atoms with Crippen LogP contribution in [0.15, 0.2) is 35.6 Å². The van der Waals surface area contributed by atoms with Crippen LogP contribution in [0, 0.1) is 0 Å². The van der Waals surface area contributed by atoms with Gasteiger partial charge in [-0.3, -0.25) is 24.2 Å². The average Bonchev–Trinajstić information content (AvgIpc) is 3.62. The number of alkyl halides is 2. The number of nitrogen functional groups attached to an aromatic ring is 1. The summed E-state index contributed by atoms with van der Waals surface area (Å²) in [4.78, 5) is 39.5. The van der Waals surface area contributed by atoms with Crippen molar-refractivity contribution in [1.82, 2.24) is 34.9 Å². The molecule has 4 N–H and O–H groups in total. The van der Waals surface area contributed by atoms with Crippen molar-refractivity contribution in [2.75, 3.05) is 45.6 Å². The van der Waals surface area contributed by atoms with Crippen LogP contribution >= 0.6 is 11.3 Å². The number of amides is 1. The molecule has 0 saturated carbocycles. The molecule has 0 aromatic carbocycles. The molecule has 11 nitrogen and oxygen atoms in total. The van der Waals surface area contributed by atoms with Crippen LogP contribution in [0.25, 0.3) is 32.0 Å². The Bertz CT molecular complexity index is 1530. The summed E-state index contributed by atoms with van der Waals surface area (Å²) in [6.07, 6.45) is 6.44. The lowest BCUT2D eigenvalue weighted by atomic mass is 10.1. The first-order valence-electron chi connectivity index (χ1n) is 11.9. The van der Waals surface area contributed by atoms with Crippen molar-refractivity contribution in [3.05, 3.63) is 46.8 Å². The minimum absolute atomic E-state index is 0.155. The van der Waals surface area contributed by atoms with Crippen molar-refractivity contribution < 1.29 is 18.3 Å². The molecule has 0 radical (unpaired) electrons. The van der Waals surface area contributed by atoms with Crippen LogP contribution in [0.3, 0.4) is 0 Å². The number of rotatable bonds is 9. The predicted octanol–water partition coefficient (Wildman–Crippen LogP) is 2.21. The first-order valence-corrected chi connectivity index (χ1v) is 12.7. The Morgan fingerprint density at radius 1 is 1.29 bits per heavy atom. The Kier molecular flexibility index (Phi) is 7.19. The summed E-state index contributed by atoms with van der Waals surface area (Å²) in [7, 11) is 1.62. The van der Waals surface area contributed by atoms with Crippen molar-refractivity contribution in [1.29, 1.82) is 0 Å². The zero-order chi connectivity index (χ0) is 26.9. The zero-order valence-corrected chi connectivity index (χ0v) is 21.4. The average molecular weight is 545 g/mol. The molecular formula is C24H26F2N8O3S. The number of fused-ring (bicyclic) bond motifs is 1. The number of carbonyl (C=O) groups is 1. The standard InChI is InChI=1S/C24H26F2N8O3S/c1-37-7-6-34-12-15(10-31-34)17-11-30-23(38-17)18-19(27)20-16(32-22(18)36)8-14(9-29-20)21(35)28-3-5-33-4-2-24(25,26)13-33/h8-12H,2-7,13H2,1H3,(H,28,35)(H3,27,32,36). The number of halogens is 2. The van der Waals surface area contributed by atoms with Crippen LogP contribution in [-0.2, 0) is 11.3 Å². The topological polar surface area (TPSA) is 144 Å². The van der Waals surface area contributed by atoms with Crippen LogP contribution in [0.4, 0.5) is 14.5 Å². The number of hydrogen-bond donors (Lipinski definition) is 3. The van der Waals surface area contributed by atoms with Gasteiger partial charge in [-0.05, 0) is 6.07 Å². The number of nitrogens with one attached hydrogen (secondary N) is 2. The number of aromatic amines is 1. The van der Waals surface area contributed by atoms with Crippen molar-refractivity contribution in [2.45, 2.75) is 18.9 Å². The summed E-state index contributed by atoms with van der Waals surface area (Å²) in [6.45, 7) is 1.67. The smallest absolute Gasteiger partial charge is 0.261 e. The van der Waals surface area contributed by atoms with Crippen molar-refractivity contribution in [3.63, 3.8) is 0 Å². The van der Waals surface area contributed by atoms with Gasteiger partial charge in [0.25, 0.3) is 17.4 Å². The maximum absolute atomic E-state index is 13.3. The minimum atomic E-state index is -2.68. The van der Waals surface area contributed by atoms with E-state index in [0.29, 0.717) is 42.3 Å². The molecule has 5 heterocycles. The van der Waals surface area contributed by atoms with Crippen molar-refractivity contribution in [2.24, 2.45) is 0 Å². The van der Waals surface area contributed by atoms with Gasteiger partial charge in [-0.15, -0.1) is 11.3 Å². The van der Waals surface area contributed by atoms with Crippen molar-refractivity contribution in [3.8, 4) is 21.0 Å². The molecule has 14 heteroatoms. The summed E-state index contributed by atoms with van der Waals surface area (Å²) < 4.78 is 33.5. The number of thiazole rings is 1. The Balaban J connectivity index is 1.32. The van der Waals surface area contributed by atoms with E-state index in [0.717, 1.165) is 10.4 Å². The number of pyridine rings is 2. The number of H-pyrrole nitrogens is 1. The fourth-order valence-electron chi connectivity index (χ4n) is 4.29. The molecule has 38 heavy (non-hydrogen) atoms. The van der Waals surface area contributed by atoms with E-state index in [2.05, 4.69) is 25.4 Å². The third kappa shape index (κ3) is 5.42. The maximum Gasteiger partial charge on any atom is 0.261 e. The lowest BCUT2D eigenvalue weighted by Crippen LogP contribution is -2.35. The van der Waals surface area contributed by atoms with Gasteiger partial charge in [-0.25, -0.2) is 13.8 Å². The molecule has 0 atom stereocenters. The number of anilines is 1. The third-order valence-electron chi connectivity index (χ3n) is 6.27. The van der Waals surface area contributed by atoms with Crippen LogP contribution in [-0.4, -0.2) is 81.4 Å². The molecule has 0 bridgehead atoms. The number of aromatic nitrogens is 5. The molecule has 1 amide bonds. The largest absolute Gasteiger partial charge is 0.396 e. The SMILES string of the molecule is COCCn1cc(-c2cnc(-c3c(N)c4ncc(C(=O)NCCN5CCC(F)(F)C5)cc4[nH]c3=O)s2)cn1. The highest BCUT2D eigenvalue weighted by molar-refractivity contribution is 7.18. The van der Waals surface area contributed by atoms with Crippen LogP contribution in [0.1, 0.15) is 16.8 Å². The fraction of sp³-hybridized carbons (Fsp3) is 0.375. The highest BCUT2D eigenvalue weighted by Crippen LogP contribution is 2.34. The monoisotopic (exact) mass is 544 g/mol. The zero-order valence-electron chi connectivity index (χ0n) is 20.5. The van der Waals surface area contributed by atoms with Crippen LogP contribution in [0.2, 0.25) is 0 Å². The van der Waals surface area contributed by atoms with E-state index >= 15 is 0 Å². The molecule has 4 aromatic heterocycles. The van der Waals surface area contributed by atoms with E-state index in [4.69, 9.17) is 10.5 Å². The summed E-state index contributed by atoms with van der Waals surface area (Å²) in [5.74, 6) is -3.10. The number of nitrogens with two attached hydrogens (primary N) is 1. The van der Waals surface area contributed by atoms with E-state index in [1.54, 1.807) is 29.1 Å². The van der Waals surface area contributed by atoms with Gasteiger partial charge in [0, 0.05) is 57.3 Å². The molecule has 1 fully saturated rings. The van der Waals surface area contributed by atoms with Gasteiger partial charge in [0.1, 0.15) is 16.1 Å². The van der Waals surface area contributed by atoms with Gasteiger partial charge in [-0.2, -0.15) is 5.10 Å². The highest BCUT2D eigenvalue weighted by Gasteiger charge is 2.37. The van der Waals surface area contributed by atoms with Crippen molar-refractivity contribution >= 4 is 34.0 Å². The number of methoxy groups -OCH3 is 1. The second-order valence-corrected chi connectivity index (χ2v) is 10.0. The first-order chi connectivity index (χ1) is 18.2. The summed E-state index contributed by atoms with van der Waals surface area (Å²) in [5, 5.41) is 7.44. The summed E-state index contributed by atoms with van der Waals surface area (Å²) in [5.41, 5.74) is 7.95. The minimum Gasteiger partial charge on any atom is -0.396 e. The van der Waals surface area contributed by atoms with Crippen LogP contribution < -0.4 is 16.6 Å². The van der Waals surface area contributed by atoms with Gasteiger partial charge in [-0.1, -0.05) is 0 Å². The summed E-state index contributed by atoms with van der Waals surface area (Å²) in [6, 6.07) is 1.49. The molecule has 200 valence electrons. The normalized spacial score (nSPS) is 15.3. The van der Waals surface area contributed by atoms with Gasteiger partial charge < -0.3 is 20.8 Å². The lowest BCUT2D eigenvalue weighted by Gasteiger charge is -2.15. The van der Waals surface area contributed by atoms with E-state index < -0.39 is 17.4 Å². The molecular weight excluding hydrogens is 518 g/mol. The Morgan fingerprint density at radius 3 is 2.89 bits per heavy atom. The maximum atomic E-state index is 13.3. The first kappa shape index (κ1) is 25.9. The molecule has 0 spiro atoms. The molecule has 1 saturated heterocycles. The fourth-order valence-corrected chi connectivity index (χ4v) is 5.23. The van der Waals surface area contributed by atoms with E-state index in [1.165, 1.54) is 23.6 Å². The number of likely N-dealkylation sites (tertiary alicyclic amines) is 1. The summed E-state index contributed by atoms with van der Waals surface area (Å²) >= 11 is 1.30. The molecule has 1 aliphatic heterocycles. The van der Waals surface area contributed by atoms with Crippen LogP contribution in [0.5, 0.6) is 0 Å². The van der Waals surface area contributed by atoms with E-state index in [9.17, 15) is 18.4 Å². The lowest BCUT2D eigenvalue weighted by molar-refractivity contribution is 0.0124. The Morgan fingerprint density at radius 2 is 2.13 bits per heavy atom. The second kappa shape index (κ2) is 10.6. The Hall–Kier alpha value is -3.75. The van der Waals surface area contributed by atoms with Gasteiger partial charge in [0.2, 0.25) is 0 Å². The predicted molar refractivity (Wildman–Crippen MR) is 139 cm³/mol. The molecule has 1 aliphatic rings. The number of carbonyl (C=O) groups excluding carboxylic acids is 1. The highest BCUT2D eigenvalue weighted by atomic mass is 32.1. The molecule has 4 aromatic rings. The van der Waals surface area contributed by atoms with Gasteiger partial charge >= 0.3 is 0 Å². The molecule has 0 unspecified atom stereocenters. The Labute approximate surface area is 219 Å². The van der Waals surface area contributed by atoms with Gasteiger partial charge in [0.05, 0.1) is 47.5 Å². The number of ether oxygens (including phenoxy) is 1. The van der Waals surface area contributed by atoms with E-state index in [-0.39, 0.29) is 36.3 Å². The van der Waals surface area contributed by atoms with Gasteiger partial charge in [0.15, 0.2) is 0 Å². The number of nitrogens with zero attached hydrogens (tertiary/aromatic N) is 5. The second-order valence-electron chi connectivity index (χ2n) is 9.02. The third-order valence-corrected chi connectivity index (χ3v) is 7.34.